The molecule has 0 aliphatic carbocycles. The van der Waals surface area contributed by atoms with E-state index in [1.807, 2.05) is 13.8 Å². The van der Waals surface area contributed by atoms with E-state index in [-0.39, 0.29) is 28.8 Å². The predicted molar refractivity (Wildman–Crippen MR) is 112 cm³/mol. The SMILES string of the molecule is CC(C)OC(=O)N1CCC(Oc2cc[nH]c(=O)c2-c2ccc(S(C)(=O)=O)cc2)CC1. The summed E-state index contributed by atoms with van der Waals surface area (Å²) in [6.45, 7) is 4.64. The molecule has 3 rings (SSSR count). The van der Waals surface area contributed by atoms with Gasteiger partial charge in [-0.3, -0.25) is 4.79 Å². The molecule has 0 radical (unpaired) electrons. The van der Waals surface area contributed by atoms with Crippen molar-refractivity contribution in [3.63, 3.8) is 0 Å². The fourth-order valence-corrected chi connectivity index (χ4v) is 3.94. The molecule has 0 saturated carbocycles. The number of H-pyrrole nitrogens is 1. The van der Waals surface area contributed by atoms with Gasteiger partial charge in [-0.2, -0.15) is 0 Å². The van der Waals surface area contributed by atoms with Crippen LogP contribution in [0.25, 0.3) is 11.1 Å². The van der Waals surface area contributed by atoms with Gasteiger partial charge in [0.2, 0.25) is 0 Å². The van der Waals surface area contributed by atoms with Gasteiger partial charge in [0.05, 0.1) is 16.6 Å². The number of aromatic amines is 1. The van der Waals surface area contributed by atoms with Crippen LogP contribution in [0, 0.1) is 0 Å². The zero-order valence-electron chi connectivity index (χ0n) is 17.3. The Hall–Kier alpha value is -2.81. The lowest BCUT2D eigenvalue weighted by molar-refractivity contribution is 0.0518. The van der Waals surface area contributed by atoms with Crippen LogP contribution in [-0.4, -0.2) is 55.9 Å². The third-order valence-electron chi connectivity index (χ3n) is 4.82. The number of nitrogens with one attached hydrogen (secondary N) is 1. The second kappa shape index (κ2) is 8.91. The Labute approximate surface area is 175 Å². The number of sulfone groups is 1. The van der Waals surface area contributed by atoms with Crippen LogP contribution in [-0.2, 0) is 14.6 Å². The van der Waals surface area contributed by atoms with E-state index in [4.69, 9.17) is 9.47 Å². The van der Waals surface area contributed by atoms with Gasteiger partial charge in [-0.15, -0.1) is 0 Å². The van der Waals surface area contributed by atoms with Gasteiger partial charge in [0.1, 0.15) is 11.9 Å². The second-order valence-electron chi connectivity index (χ2n) is 7.58. The molecule has 1 N–H and O–H groups in total. The number of rotatable bonds is 5. The van der Waals surface area contributed by atoms with E-state index in [0.717, 1.165) is 6.26 Å². The number of hydrogen-bond acceptors (Lipinski definition) is 6. The first-order valence-electron chi connectivity index (χ1n) is 9.79. The van der Waals surface area contributed by atoms with Crippen molar-refractivity contribution < 1.29 is 22.7 Å². The molecule has 0 bridgehead atoms. The minimum Gasteiger partial charge on any atom is -0.489 e. The summed E-state index contributed by atoms with van der Waals surface area (Å²) in [5.74, 6) is 0.425. The number of benzene rings is 1. The number of aromatic nitrogens is 1. The van der Waals surface area contributed by atoms with Gasteiger partial charge in [-0.1, -0.05) is 12.1 Å². The van der Waals surface area contributed by atoms with Crippen LogP contribution < -0.4 is 10.3 Å². The van der Waals surface area contributed by atoms with E-state index in [9.17, 15) is 18.0 Å². The fourth-order valence-electron chi connectivity index (χ4n) is 3.31. The zero-order chi connectivity index (χ0) is 21.9. The highest BCUT2D eigenvalue weighted by molar-refractivity contribution is 7.90. The summed E-state index contributed by atoms with van der Waals surface area (Å²) < 4.78 is 34.7. The molecule has 9 heteroatoms. The molecule has 30 heavy (non-hydrogen) atoms. The number of carbonyl (C=O) groups is 1. The Morgan fingerprint density at radius 1 is 1.13 bits per heavy atom. The van der Waals surface area contributed by atoms with E-state index >= 15 is 0 Å². The summed E-state index contributed by atoms with van der Waals surface area (Å²) in [7, 11) is -3.32. The van der Waals surface area contributed by atoms with Crippen LogP contribution in [0.2, 0.25) is 0 Å². The maximum atomic E-state index is 12.5. The van der Waals surface area contributed by atoms with E-state index in [1.165, 1.54) is 18.3 Å². The summed E-state index contributed by atoms with van der Waals surface area (Å²) >= 11 is 0. The lowest BCUT2D eigenvalue weighted by Crippen LogP contribution is -2.42. The molecule has 2 aromatic rings. The smallest absolute Gasteiger partial charge is 0.410 e. The molecular weight excluding hydrogens is 408 g/mol. The Morgan fingerprint density at radius 3 is 2.33 bits per heavy atom. The Bertz CT molecular complexity index is 1050. The van der Waals surface area contributed by atoms with Gasteiger partial charge in [0, 0.05) is 38.4 Å². The zero-order valence-corrected chi connectivity index (χ0v) is 18.1. The predicted octanol–water partition coefficient (Wildman–Crippen LogP) is 2.83. The van der Waals surface area contributed by atoms with Crippen molar-refractivity contribution >= 4 is 15.9 Å². The number of pyridine rings is 1. The minimum atomic E-state index is -3.32. The number of likely N-dealkylation sites (tertiary alicyclic amines) is 1. The fraction of sp³-hybridized carbons (Fsp3) is 0.429. The highest BCUT2D eigenvalue weighted by atomic mass is 32.2. The molecule has 2 heterocycles. The van der Waals surface area contributed by atoms with Gasteiger partial charge in [-0.25, -0.2) is 13.2 Å². The van der Waals surface area contributed by atoms with Crippen LogP contribution >= 0.6 is 0 Å². The van der Waals surface area contributed by atoms with Crippen LogP contribution in [0.1, 0.15) is 26.7 Å². The number of piperidine rings is 1. The average Bonchev–Trinajstić information content (AvgIpc) is 2.68. The van der Waals surface area contributed by atoms with Gasteiger partial charge in [-0.05, 0) is 37.6 Å². The van der Waals surface area contributed by atoms with Gasteiger partial charge in [0.25, 0.3) is 5.56 Å². The first-order chi connectivity index (χ1) is 14.1. The number of carbonyl (C=O) groups excluding carboxylic acids is 1. The maximum Gasteiger partial charge on any atom is 0.410 e. The molecule has 162 valence electrons. The van der Waals surface area contributed by atoms with Crippen molar-refractivity contribution in [2.75, 3.05) is 19.3 Å². The number of hydrogen-bond donors (Lipinski definition) is 1. The molecule has 0 unspecified atom stereocenters. The average molecular weight is 435 g/mol. The van der Waals surface area contributed by atoms with Crippen molar-refractivity contribution in [2.45, 2.75) is 43.8 Å². The topological polar surface area (TPSA) is 106 Å². The largest absolute Gasteiger partial charge is 0.489 e. The molecule has 0 spiro atoms. The normalized spacial score (nSPS) is 15.3. The third-order valence-corrected chi connectivity index (χ3v) is 5.95. The van der Waals surface area contributed by atoms with Crippen molar-refractivity contribution in [3.8, 4) is 16.9 Å². The van der Waals surface area contributed by atoms with Crippen molar-refractivity contribution in [1.29, 1.82) is 0 Å². The molecule has 8 nitrogen and oxygen atoms in total. The van der Waals surface area contributed by atoms with Crippen molar-refractivity contribution in [2.24, 2.45) is 0 Å². The van der Waals surface area contributed by atoms with Gasteiger partial charge in [0.15, 0.2) is 9.84 Å². The number of amides is 1. The van der Waals surface area contributed by atoms with Crippen LogP contribution in [0.4, 0.5) is 4.79 Å². The highest BCUT2D eigenvalue weighted by Crippen LogP contribution is 2.29. The highest BCUT2D eigenvalue weighted by Gasteiger charge is 2.26. The summed E-state index contributed by atoms with van der Waals surface area (Å²) in [6, 6.07) is 7.82. The molecule has 0 atom stereocenters. The Morgan fingerprint density at radius 2 is 1.77 bits per heavy atom. The lowest BCUT2D eigenvalue weighted by atomic mass is 10.1. The molecule has 1 aliphatic heterocycles. The molecule has 1 aromatic carbocycles. The maximum absolute atomic E-state index is 12.5. The summed E-state index contributed by atoms with van der Waals surface area (Å²) in [5.41, 5.74) is 0.592. The molecule has 1 aromatic heterocycles. The van der Waals surface area contributed by atoms with Crippen molar-refractivity contribution in [3.05, 3.63) is 46.9 Å². The van der Waals surface area contributed by atoms with E-state index in [0.29, 0.717) is 42.8 Å². The van der Waals surface area contributed by atoms with Crippen LogP contribution in [0.5, 0.6) is 5.75 Å². The molecule has 1 aliphatic rings. The van der Waals surface area contributed by atoms with Crippen molar-refractivity contribution in [1.82, 2.24) is 9.88 Å². The number of ether oxygens (including phenoxy) is 2. The summed E-state index contributed by atoms with van der Waals surface area (Å²) in [6.07, 6.45) is 3.24. The number of nitrogens with zero attached hydrogens (tertiary/aromatic N) is 1. The van der Waals surface area contributed by atoms with E-state index in [2.05, 4.69) is 4.98 Å². The molecular formula is C21H26N2O6S. The van der Waals surface area contributed by atoms with Gasteiger partial charge < -0.3 is 19.4 Å². The summed E-state index contributed by atoms with van der Waals surface area (Å²) in [5, 5.41) is 0. The molecule has 1 saturated heterocycles. The lowest BCUT2D eigenvalue weighted by Gasteiger charge is -2.32. The Kier molecular flexibility index (Phi) is 6.50. The van der Waals surface area contributed by atoms with Gasteiger partial charge >= 0.3 is 6.09 Å². The van der Waals surface area contributed by atoms with E-state index in [1.54, 1.807) is 23.1 Å². The first-order valence-corrected chi connectivity index (χ1v) is 11.7. The monoisotopic (exact) mass is 434 g/mol. The second-order valence-corrected chi connectivity index (χ2v) is 9.60. The molecule has 1 fully saturated rings. The molecule has 1 amide bonds. The quantitative estimate of drug-likeness (QED) is 0.776. The Balaban J connectivity index is 1.75. The van der Waals surface area contributed by atoms with Crippen LogP contribution in [0.3, 0.4) is 0 Å². The third kappa shape index (κ3) is 5.21. The first kappa shape index (κ1) is 21.9. The summed E-state index contributed by atoms with van der Waals surface area (Å²) in [4.78, 5) is 29.0. The van der Waals surface area contributed by atoms with E-state index < -0.39 is 9.84 Å². The van der Waals surface area contributed by atoms with Crippen LogP contribution in [0.15, 0.2) is 46.2 Å². The minimum absolute atomic E-state index is 0.149. The standard InChI is InChI=1S/C21H26N2O6S/c1-14(2)28-21(25)23-12-9-16(10-13-23)29-18-8-11-22-20(24)19(18)15-4-6-17(7-5-15)30(3,26)27/h4-8,11,14,16H,9-10,12-13H2,1-3H3,(H,22,24).